The number of ether oxygens (including phenoxy) is 1. The molecule has 5 nitrogen and oxygen atoms in total. The lowest BCUT2D eigenvalue weighted by atomic mass is 10.0. The maximum Gasteiger partial charge on any atom is 0.318 e. The van der Waals surface area contributed by atoms with Crippen LogP contribution in [0.15, 0.2) is 4.52 Å². The number of esters is 1. The van der Waals surface area contributed by atoms with Crippen molar-refractivity contribution < 1.29 is 14.1 Å². The van der Waals surface area contributed by atoms with Crippen LogP contribution in [0.4, 0.5) is 0 Å². The van der Waals surface area contributed by atoms with E-state index in [0.717, 1.165) is 19.3 Å². The van der Waals surface area contributed by atoms with Gasteiger partial charge in [-0.25, -0.2) is 0 Å². The molecule has 0 bridgehead atoms. The highest BCUT2D eigenvalue weighted by Crippen LogP contribution is 2.22. The predicted molar refractivity (Wildman–Crippen MR) is 71.7 cm³/mol. The van der Waals surface area contributed by atoms with Crippen LogP contribution in [0.3, 0.4) is 0 Å². The molecule has 1 unspecified atom stereocenters. The van der Waals surface area contributed by atoms with Crippen molar-refractivity contribution in [3.63, 3.8) is 0 Å². The Labute approximate surface area is 114 Å². The maximum atomic E-state index is 11.9. The van der Waals surface area contributed by atoms with Gasteiger partial charge in [0, 0.05) is 6.42 Å². The second kappa shape index (κ2) is 7.92. The third-order valence-corrected chi connectivity index (χ3v) is 2.88. The third kappa shape index (κ3) is 5.01. The molecule has 0 aliphatic rings. The highest BCUT2D eigenvalue weighted by molar-refractivity contribution is 5.76. The van der Waals surface area contributed by atoms with Crippen LogP contribution in [-0.4, -0.2) is 22.7 Å². The second-order valence-corrected chi connectivity index (χ2v) is 5.07. The van der Waals surface area contributed by atoms with Crippen LogP contribution in [0, 0.1) is 5.92 Å². The smallest absolute Gasteiger partial charge is 0.318 e. The molecule has 0 aliphatic carbocycles. The van der Waals surface area contributed by atoms with Crippen LogP contribution >= 0.6 is 0 Å². The number of carbonyl (C=O) groups is 1. The molecule has 0 fully saturated rings. The van der Waals surface area contributed by atoms with Gasteiger partial charge in [0.2, 0.25) is 5.89 Å². The lowest BCUT2D eigenvalue weighted by Gasteiger charge is -2.09. The van der Waals surface area contributed by atoms with E-state index in [0.29, 0.717) is 30.7 Å². The van der Waals surface area contributed by atoms with Gasteiger partial charge in [0.1, 0.15) is 5.92 Å². The van der Waals surface area contributed by atoms with Crippen LogP contribution in [0.5, 0.6) is 0 Å². The van der Waals surface area contributed by atoms with E-state index in [-0.39, 0.29) is 5.97 Å². The minimum Gasteiger partial charge on any atom is -0.465 e. The van der Waals surface area contributed by atoms with Gasteiger partial charge in [-0.1, -0.05) is 32.3 Å². The maximum absolute atomic E-state index is 11.9. The van der Waals surface area contributed by atoms with Crippen molar-refractivity contribution in [2.45, 2.75) is 59.3 Å². The summed E-state index contributed by atoms with van der Waals surface area (Å²) >= 11 is 0. The van der Waals surface area contributed by atoms with Crippen molar-refractivity contribution in [3.05, 3.63) is 11.7 Å². The largest absolute Gasteiger partial charge is 0.465 e. The van der Waals surface area contributed by atoms with E-state index in [2.05, 4.69) is 24.0 Å². The Morgan fingerprint density at radius 1 is 1.32 bits per heavy atom. The Morgan fingerprint density at radius 3 is 2.63 bits per heavy atom. The van der Waals surface area contributed by atoms with Gasteiger partial charge in [0.05, 0.1) is 6.61 Å². The molecule has 0 saturated heterocycles. The molecule has 1 heterocycles. The van der Waals surface area contributed by atoms with E-state index in [4.69, 9.17) is 9.26 Å². The molecule has 1 rings (SSSR count). The Bertz CT molecular complexity index is 388. The van der Waals surface area contributed by atoms with Gasteiger partial charge in [0.15, 0.2) is 5.82 Å². The summed E-state index contributed by atoms with van der Waals surface area (Å²) in [5, 5.41) is 3.94. The van der Waals surface area contributed by atoms with Crippen LogP contribution in [0.25, 0.3) is 0 Å². The van der Waals surface area contributed by atoms with Crippen molar-refractivity contribution in [1.82, 2.24) is 10.1 Å². The number of rotatable bonds is 8. The molecule has 1 atom stereocenters. The number of nitrogens with zero attached hydrogens (tertiary/aromatic N) is 2. The van der Waals surface area contributed by atoms with Gasteiger partial charge in [-0.05, 0) is 25.7 Å². The average Bonchev–Trinajstić information content (AvgIpc) is 2.82. The van der Waals surface area contributed by atoms with Crippen molar-refractivity contribution >= 4 is 5.97 Å². The standard InChI is InChI=1S/C14H24N2O3/c1-5-7-11(14(17)18-6-2)13-15-12(16-19-13)9-8-10(3)4/h10-11H,5-9H2,1-4H3. The Kier molecular flexibility index (Phi) is 6.53. The van der Waals surface area contributed by atoms with Crippen LogP contribution in [0.1, 0.15) is 64.6 Å². The minimum absolute atomic E-state index is 0.275. The van der Waals surface area contributed by atoms with E-state index < -0.39 is 5.92 Å². The SMILES string of the molecule is CCCC(C(=O)OCC)c1nc(CCC(C)C)no1. The van der Waals surface area contributed by atoms with E-state index in [1.165, 1.54) is 0 Å². The normalized spacial score (nSPS) is 12.7. The Balaban J connectivity index is 2.71. The summed E-state index contributed by atoms with van der Waals surface area (Å²) in [5.74, 6) is 0.959. The lowest BCUT2D eigenvalue weighted by molar-refractivity contribution is -0.145. The van der Waals surface area contributed by atoms with E-state index >= 15 is 0 Å². The summed E-state index contributed by atoms with van der Waals surface area (Å²) in [5.41, 5.74) is 0. The van der Waals surface area contributed by atoms with Crippen molar-refractivity contribution in [1.29, 1.82) is 0 Å². The number of aryl methyl sites for hydroxylation is 1. The molecule has 0 spiro atoms. The minimum atomic E-state index is -0.426. The zero-order chi connectivity index (χ0) is 14.3. The quantitative estimate of drug-likeness (QED) is 0.678. The first-order chi connectivity index (χ1) is 9.08. The number of aromatic nitrogens is 2. The van der Waals surface area contributed by atoms with Crippen LogP contribution in [0.2, 0.25) is 0 Å². The van der Waals surface area contributed by atoms with Gasteiger partial charge in [-0.2, -0.15) is 4.98 Å². The molecule has 0 saturated carbocycles. The third-order valence-electron chi connectivity index (χ3n) is 2.88. The number of hydrogen-bond donors (Lipinski definition) is 0. The molecule has 5 heteroatoms. The van der Waals surface area contributed by atoms with Crippen molar-refractivity contribution in [2.75, 3.05) is 6.61 Å². The molecule has 108 valence electrons. The molecule has 0 N–H and O–H groups in total. The van der Waals surface area contributed by atoms with Gasteiger partial charge < -0.3 is 9.26 Å². The van der Waals surface area contributed by atoms with Crippen molar-refractivity contribution in [2.24, 2.45) is 5.92 Å². The predicted octanol–water partition coefficient (Wildman–Crippen LogP) is 3.11. The summed E-state index contributed by atoms with van der Waals surface area (Å²) in [7, 11) is 0. The number of carbonyl (C=O) groups excluding carboxylic acids is 1. The van der Waals surface area contributed by atoms with Crippen molar-refractivity contribution in [3.8, 4) is 0 Å². The van der Waals surface area contributed by atoms with Gasteiger partial charge in [-0.3, -0.25) is 4.79 Å². The summed E-state index contributed by atoms with van der Waals surface area (Å²) in [6.07, 6.45) is 3.33. The summed E-state index contributed by atoms with van der Waals surface area (Å²) in [6, 6.07) is 0. The second-order valence-electron chi connectivity index (χ2n) is 5.07. The van der Waals surface area contributed by atoms with Gasteiger partial charge in [-0.15, -0.1) is 0 Å². The first-order valence-corrected chi connectivity index (χ1v) is 7.07. The lowest BCUT2D eigenvalue weighted by Crippen LogP contribution is -2.16. The molecule has 1 aromatic heterocycles. The highest BCUT2D eigenvalue weighted by Gasteiger charge is 2.27. The molecular weight excluding hydrogens is 244 g/mol. The molecule has 0 amide bonds. The van der Waals surface area contributed by atoms with Gasteiger partial charge in [0.25, 0.3) is 0 Å². The van der Waals surface area contributed by atoms with Crippen LogP contribution < -0.4 is 0 Å². The van der Waals surface area contributed by atoms with E-state index in [1.807, 2.05) is 6.92 Å². The molecule has 0 aliphatic heterocycles. The zero-order valence-corrected chi connectivity index (χ0v) is 12.3. The molecular formula is C14H24N2O3. The average molecular weight is 268 g/mol. The first-order valence-electron chi connectivity index (χ1n) is 7.07. The fraction of sp³-hybridized carbons (Fsp3) is 0.786. The first kappa shape index (κ1) is 15.7. The fourth-order valence-corrected chi connectivity index (χ4v) is 1.80. The summed E-state index contributed by atoms with van der Waals surface area (Å²) < 4.78 is 10.3. The molecule has 1 aromatic rings. The fourth-order valence-electron chi connectivity index (χ4n) is 1.80. The molecule has 19 heavy (non-hydrogen) atoms. The number of hydrogen-bond acceptors (Lipinski definition) is 5. The van der Waals surface area contributed by atoms with E-state index in [1.54, 1.807) is 6.92 Å². The summed E-state index contributed by atoms with van der Waals surface area (Å²) in [6.45, 7) is 8.48. The zero-order valence-electron chi connectivity index (χ0n) is 12.3. The van der Waals surface area contributed by atoms with Gasteiger partial charge >= 0.3 is 5.97 Å². The van der Waals surface area contributed by atoms with Crippen LogP contribution in [-0.2, 0) is 16.0 Å². The topological polar surface area (TPSA) is 65.2 Å². The Morgan fingerprint density at radius 2 is 2.05 bits per heavy atom. The molecule has 0 aromatic carbocycles. The monoisotopic (exact) mass is 268 g/mol. The Hall–Kier alpha value is -1.39. The highest BCUT2D eigenvalue weighted by atomic mass is 16.5. The summed E-state index contributed by atoms with van der Waals surface area (Å²) in [4.78, 5) is 16.2. The van der Waals surface area contributed by atoms with E-state index in [9.17, 15) is 4.79 Å². The molecule has 0 radical (unpaired) electrons.